The molecule has 0 aromatic heterocycles. The zero-order chi connectivity index (χ0) is 36.2. The molecule has 0 aromatic carbocycles. The van der Waals surface area contributed by atoms with Gasteiger partial charge in [0.05, 0.1) is 12.2 Å². The molecule has 0 saturated carbocycles. The molecule has 0 radical (unpaired) electrons. The molecular weight excluding hydrogens is 637 g/mol. The van der Waals surface area contributed by atoms with E-state index in [0.29, 0.717) is 23.8 Å². The number of ether oxygens (including phenoxy) is 4. The molecule has 10 heteroatoms. The van der Waals surface area contributed by atoms with E-state index in [1.165, 1.54) is 4.23 Å². The van der Waals surface area contributed by atoms with E-state index in [0.717, 1.165) is 52.2 Å². The molecule has 3 heterocycles. The van der Waals surface area contributed by atoms with Gasteiger partial charge in [0.15, 0.2) is 0 Å². The summed E-state index contributed by atoms with van der Waals surface area (Å²) < 4.78 is 25.6. The van der Waals surface area contributed by atoms with Gasteiger partial charge in [0.25, 0.3) is 0 Å². The molecule has 3 N–H and O–H groups in total. The molecule has 3 rings (SSSR count). The molecule has 15 atom stereocenters. The Labute approximate surface area is 296 Å². The Morgan fingerprint density at radius 3 is 1.94 bits per heavy atom. The fourth-order valence-electron chi connectivity index (χ4n) is 7.48. The summed E-state index contributed by atoms with van der Waals surface area (Å²) in [5, 5.41) is 27.7. The Balaban J connectivity index is 0.000000851. The van der Waals surface area contributed by atoms with Crippen molar-refractivity contribution in [3.63, 3.8) is 0 Å². The van der Waals surface area contributed by atoms with Gasteiger partial charge in [-0.1, -0.05) is 6.92 Å². The van der Waals surface area contributed by atoms with Crippen LogP contribution in [0.3, 0.4) is 0 Å². The van der Waals surface area contributed by atoms with Crippen molar-refractivity contribution in [1.29, 1.82) is 0 Å². The van der Waals surface area contributed by atoms with Crippen LogP contribution >= 0.6 is 0 Å². The van der Waals surface area contributed by atoms with Gasteiger partial charge in [-0.3, -0.25) is 0 Å². The minimum Gasteiger partial charge on any atom is -0.400 e. The van der Waals surface area contributed by atoms with Gasteiger partial charge in [0, 0.05) is 13.7 Å². The normalized spacial score (nSPS) is 42.6. The van der Waals surface area contributed by atoms with E-state index in [4.69, 9.17) is 24.1 Å². The zero-order valence-corrected chi connectivity index (χ0v) is 33.3. The van der Waals surface area contributed by atoms with Crippen LogP contribution in [0.5, 0.6) is 0 Å². The molecule has 0 amide bonds. The predicted octanol–water partition coefficient (Wildman–Crippen LogP) is 5.24. The Morgan fingerprint density at radius 1 is 0.851 bits per heavy atom. The van der Waals surface area contributed by atoms with Crippen molar-refractivity contribution in [1.82, 2.24) is 4.90 Å². The van der Waals surface area contributed by atoms with Gasteiger partial charge < -0.3 is 14.9 Å². The number of carbonyl (C=O) groups is 1. The molecule has 10 unspecified atom stereocenters. The fraction of sp³-hybridized carbons (Fsp3) is 0.946. The van der Waals surface area contributed by atoms with Crippen LogP contribution in [0.15, 0.2) is 0 Å². The van der Waals surface area contributed by atoms with E-state index in [2.05, 4.69) is 84.4 Å². The van der Waals surface area contributed by atoms with Crippen LogP contribution in [0.2, 0.25) is 0 Å². The topological polar surface area (TPSA) is 118 Å². The van der Waals surface area contributed by atoms with E-state index >= 15 is 0 Å². The molecule has 47 heavy (non-hydrogen) atoms. The maximum absolute atomic E-state index is 13.1. The summed E-state index contributed by atoms with van der Waals surface area (Å²) in [5.41, 5.74) is 0. The van der Waals surface area contributed by atoms with Gasteiger partial charge in [0.1, 0.15) is 0 Å². The third-order valence-electron chi connectivity index (χ3n) is 10.8. The molecule has 3 fully saturated rings. The summed E-state index contributed by atoms with van der Waals surface area (Å²) >= 11 is 2.83. The Hall–Kier alpha value is -0.356. The first-order chi connectivity index (χ1) is 22.0. The number of cyclic esters (lactones) is 1. The second kappa shape index (κ2) is 21.8. The van der Waals surface area contributed by atoms with Crippen molar-refractivity contribution in [3.05, 3.63) is 0 Å². The molecule has 9 nitrogen and oxygen atoms in total. The van der Waals surface area contributed by atoms with E-state index in [1.54, 1.807) is 6.92 Å². The monoisotopic (exact) mass is 708 g/mol. The second-order valence-corrected chi connectivity index (χ2v) is 15.9. The summed E-state index contributed by atoms with van der Waals surface area (Å²) in [7, 11) is 5.21. The number of nitrogens with zero attached hydrogens (tertiary/aromatic N) is 1. The van der Waals surface area contributed by atoms with Gasteiger partial charge in [-0.15, -0.1) is 0 Å². The van der Waals surface area contributed by atoms with Crippen LogP contribution in [-0.4, -0.2) is 107 Å². The van der Waals surface area contributed by atoms with Gasteiger partial charge in [-0.2, -0.15) is 0 Å². The van der Waals surface area contributed by atoms with E-state index in [1.807, 2.05) is 13.8 Å². The smallest absolute Gasteiger partial charge is 0.0319 e. The summed E-state index contributed by atoms with van der Waals surface area (Å²) in [6.07, 6.45) is 3.79. The third-order valence-corrected chi connectivity index (χ3v) is 12.2. The Bertz CT molecular complexity index is 898. The molecule has 0 aromatic rings. The Morgan fingerprint density at radius 2 is 1.43 bits per heavy atom. The number of aliphatic hydroxyl groups is 3. The third kappa shape index (κ3) is 13.7. The predicted molar refractivity (Wildman–Crippen MR) is 185 cm³/mol. The number of rotatable bonds is 4. The van der Waals surface area contributed by atoms with Gasteiger partial charge in [-0.05, 0) is 19.3 Å². The van der Waals surface area contributed by atoms with Crippen molar-refractivity contribution in [2.45, 2.75) is 157 Å². The molecule has 0 spiro atoms. The van der Waals surface area contributed by atoms with Crippen LogP contribution < -0.4 is 0 Å². The SMILES string of the molecule is CC1CCOC(C)[C@@H]1O.CCC1OC(=O)C(C)C(O)C(C)[C@@H](OC2CC(N(C)C)CC(C)O2)C(C)C[C@@H](C)[C](=[V])[C@H](C)C[C@H]1C.CO. The van der Waals surface area contributed by atoms with Crippen molar-refractivity contribution in [2.75, 3.05) is 27.8 Å². The van der Waals surface area contributed by atoms with Crippen LogP contribution in [0.1, 0.15) is 108 Å². The summed E-state index contributed by atoms with van der Waals surface area (Å²) in [5.74, 6) is 0.486. The molecule has 0 aliphatic carbocycles. The fourth-order valence-corrected chi connectivity index (χ4v) is 7.81. The number of aliphatic hydroxyl groups excluding tert-OH is 3. The number of hydrogen-bond donors (Lipinski definition) is 3. The van der Waals surface area contributed by atoms with Crippen molar-refractivity contribution in [2.24, 2.45) is 41.4 Å². The summed E-state index contributed by atoms with van der Waals surface area (Å²) in [6, 6.07) is 0.391. The Kier molecular flexibility index (Phi) is 20.7. The molecule has 3 saturated heterocycles. The average Bonchev–Trinajstić information content (AvgIpc) is 3.03. The van der Waals surface area contributed by atoms with Crippen molar-refractivity contribution in [3.8, 4) is 0 Å². The molecular formula is C37H71NO8V. The van der Waals surface area contributed by atoms with Crippen molar-refractivity contribution >= 4 is 10.2 Å². The van der Waals surface area contributed by atoms with E-state index in [9.17, 15) is 15.0 Å². The zero-order valence-electron chi connectivity index (χ0n) is 31.9. The molecule has 277 valence electrons. The minimum absolute atomic E-state index is 0.0359. The number of esters is 1. The maximum atomic E-state index is 13.1. The number of carbonyl (C=O) groups excluding carboxylic acids is 1. The molecule has 0 bridgehead atoms. The van der Waals surface area contributed by atoms with Gasteiger partial charge in [-0.25, -0.2) is 0 Å². The first-order valence-corrected chi connectivity index (χ1v) is 18.8. The number of hydrogen-bond acceptors (Lipinski definition) is 9. The van der Waals surface area contributed by atoms with Crippen LogP contribution in [0, 0.1) is 41.4 Å². The first kappa shape index (κ1) is 44.7. The average molecular weight is 709 g/mol. The molecule has 3 aliphatic heterocycles. The first-order valence-electron chi connectivity index (χ1n) is 18.1. The van der Waals surface area contributed by atoms with Crippen LogP contribution in [0.25, 0.3) is 0 Å². The van der Waals surface area contributed by atoms with Gasteiger partial charge >= 0.3 is 230 Å². The maximum Gasteiger partial charge on any atom is 0.0319 e. The summed E-state index contributed by atoms with van der Waals surface area (Å²) in [4.78, 5) is 15.4. The minimum atomic E-state index is -0.860. The van der Waals surface area contributed by atoms with E-state index < -0.39 is 12.0 Å². The quantitative estimate of drug-likeness (QED) is 0.337. The van der Waals surface area contributed by atoms with Gasteiger partial charge in [0.2, 0.25) is 0 Å². The second-order valence-electron chi connectivity index (χ2n) is 15.1. The van der Waals surface area contributed by atoms with Crippen LogP contribution in [0.4, 0.5) is 0 Å². The van der Waals surface area contributed by atoms with Crippen molar-refractivity contribution < 1.29 is 56.0 Å². The molecule has 3 aliphatic rings. The standard InChI is InChI=1S/C29H53NO5.C7H14O2.CH4O.V/c1-11-25-19(4)13-17(2)12-18(3)14-20(5)28(22(7)27(31)23(8)29(32)34-25)35-26-16-24(30(9)10)15-21(6)33-26;1-5-3-4-9-6(2)7(5)8;1-2;/h17-28,31H,11,13-16H2,1-10H3;5-8H,3-4H2,1-2H3;2H,1H3;/t17-,18-,19+,20?,21?,22?,23?,24?,25?,26?,27?,28-;5?,6?,7-;;/m01../s1. The van der Waals surface area contributed by atoms with Crippen LogP contribution in [-0.2, 0) is 40.7 Å². The largest absolute Gasteiger partial charge is 0.400 e. The van der Waals surface area contributed by atoms with E-state index in [-0.39, 0.29) is 60.5 Å². The summed E-state index contributed by atoms with van der Waals surface area (Å²) in [6.45, 7) is 21.7.